The van der Waals surface area contributed by atoms with Crippen LogP contribution in [0, 0.1) is 0 Å². The van der Waals surface area contributed by atoms with Crippen molar-refractivity contribution in [2.75, 3.05) is 13.7 Å². The van der Waals surface area contributed by atoms with E-state index in [4.69, 9.17) is 16.3 Å². The number of ether oxygens (including phenoxy) is 1. The first-order valence-corrected chi connectivity index (χ1v) is 7.49. The highest BCUT2D eigenvalue weighted by atomic mass is 35.5. The Hall–Kier alpha value is -2.14. The van der Waals surface area contributed by atoms with E-state index < -0.39 is 0 Å². The van der Waals surface area contributed by atoms with E-state index in [1.54, 1.807) is 7.11 Å². The molecular formula is C16H16ClN3O2. The molecule has 1 aromatic heterocycles. The second kappa shape index (κ2) is 6.32. The number of likely N-dealkylation sites (tertiary alicyclic amines) is 1. The third-order valence-corrected chi connectivity index (χ3v) is 4.16. The molecule has 1 atom stereocenters. The van der Waals surface area contributed by atoms with E-state index in [1.165, 1.54) is 12.5 Å². The van der Waals surface area contributed by atoms with Gasteiger partial charge in [0.05, 0.1) is 18.2 Å². The monoisotopic (exact) mass is 317 g/mol. The van der Waals surface area contributed by atoms with Gasteiger partial charge in [-0.05, 0) is 18.9 Å². The molecule has 0 bridgehead atoms. The molecule has 6 heteroatoms. The molecule has 0 aliphatic carbocycles. The van der Waals surface area contributed by atoms with Gasteiger partial charge in [0.15, 0.2) is 0 Å². The molecule has 2 heterocycles. The molecule has 1 amide bonds. The number of halogens is 1. The number of para-hydroxylation sites is 1. The highest BCUT2D eigenvalue weighted by Gasteiger charge is 2.33. The maximum absolute atomic E-state index is 12.8. The largest absolute Gasteiger partial charge is 0.496 e. The first-order valence-electron chi connectivity index (χ1n) is 7.11. The molecule has 1 fully saturated rings. The standard InChI is InChI=1S/C16H16ClN3O2/c1-22-14-7-3-2-5-11(14)13-6-4-8-20(13)16(21)15-12(17)9-18-10-19-15/h2-3,5,7,9-10,13H,4,6,8H2,1H3. The van der Waals surface area contributed by atoms with Gasteiger partial charge in [-0.25, -0.2) is 9.97 Å². The Morgan fingerprint density at radius 3 is 3.00 bits per heavy atom. The molecule has 0 radical (unpaired) electrons. The van der Waals surface area contributed by atoms with Crippen LogP contribution < -0.4 is 4.74 Å². The van der Waals surface area contributed by atoms with Gasteiger partial charge in [0.25, 0.3) is 5.91 Å². The number of nitrogens with zero attached hydrogens (tertiary/aromatic N) is 3. The van der Waals surface area contributed by atoms with Crippen LogP contribution in [0.1, 0.15) is 34.9 Å². The topological polar surface area (TPSA) is 55.3 Å². The molecule has 1 aromatic carbocycles. The number of hydrogen-bond acceptors (Lipinski definition) is 4. The number of rotatable bonds is 3. The van der Waals surface area contributed by atoms with E-state index in [0.717, 1.165) is 24.2 Å². The first-order chi connectivity index (χ1) is 10.7. The second-order valence-electron chi connectivity index (χ2n) is 5.12. The highest BCUT2D eigenvalue weighted by Crippen LogP contribution is 2.37. The van der Waals surface area contributed by atoms with E-state index in [2.05, 4.69) is 9.97 Å². The number of aromatic nitrogens is 2. The molecule has 22 heavy (non-hydrogen) atoms. The zero-order valence-electron chi connectivity index (χ0n) is 12.2. The van der Waals surface area contributed by atoms with Gasteiger partial charge >= 0.3 is 0 Å². The number of hydrogen-bond donors (Lipinski definition) is 0. The minimum absolute atomic E-state index is 0.0188. The SMILES string of the molecule is COc1ccccc1C1CCCN1C(=O)c1ncncc1Cl. The smallest absolute Gasteiger partial charge is 0.274 e. The molecule has 114 valence electrons. The quantitative estimate of drug-likeness (QED) is 0.872. The molecule has 1 unspecified atom stereocenters. The maximum Gasteiger partial charge on any atom is 0.274 e. The van der Waals surface area contributed by atoms with Crippen molar-refractivity contribution >= 4 is 17.5 Å². The fourth-order valence-electron chi connectivity index (χ4n) is 2.88. The molecule has 0 spiro atoms. The zero-order valence-corrected chi connectivity index (χ0v) is 13.0. The van der Waals surface area contributed by atoms with Crippen molar-refractivity contribution in [2.45, 2.75) is 18.9 Å². The third kappa shape index (κ3) is 2.64. The van der Waals surface area contributed by atoms with Crippen LogP contribution in [-0.4, -0.2) is 34.4 Å². The zero-order chi connectivity index (χ0) is 15.5. The normalized spacial score (nSPS) is 17.5. The van der Waals surface area contributed by atoms with Crippen LogP contribution in [-0.2, 0) is 0 Å². The fourth-order valence-corrected chi connectivity index (χ4v) is 3.07. The lowest BCUT2D eigenvalue weighted by Gasteiger charge is -2.26. The summed E-state index contributed by atoms with van der Waals surface area (Å²) in [5, 5.41) is 0.276. The number of methoxy groups -OCH3 is 1. The van der Waals surface area contributed by atoms with E-state index in [9.17, 15) is 4.79 Å². The summed E-state index contributed by atoms with van der Waals surface area (Å²) in [6.07, 6.45) is 4.62. The van der Waals surface area contributed by atoms with E-state index in [-0.39, 0.29) is 22.7 Å². The Morgan fingerprint density at radius 2 is 2.23 bits per heavy atom. The first kappa shape index (κ1) is 14.8. The van der Waals surface area contributed by atoms with Crippen LogP contribution >= 0.6 is 11.6 Å². The molecule has 1 saturated heterocycles. The molecule has 1 aliphatic heterocycles. The number of carbonyl (C=O) groups is 1. The lowest BCUT2D eigenvalue weighted by atomic mass is 10.0. The average molecular weight is 318 g/mol. The Bertz CT molecular complexity index is 693. The lowest BCUT2D eigenvalue weighted by molar-refractivity contribution is 0.0728. The van der Waals surface area contributed by atoms with Crippen molar-refractivity contribution in [1.29, 1.82) is 0 Å². The summed E-state index contributed by atoms with van der Waals surface area (Å²) >= 11 is 6.05. The van der Waals surface area contributed by atoms with Crippen molar-refractivity contribution in [2.24, 2.45) is 0 Å². The van der Waals surface area contributed by atoms with Crippen LogP contribution in [0.4, 0.5) is 0 Å². The number of amides is 1. The summed E-state index contributed by atoms with van der Waals surface area (Å²) in [7, 11) is 1.64. The summed E-state index contributed by atoms with van der Waals surface area (Å²) < 4.78 is 5.43. The van der Waals surface area contributed by atoms with Gasteiger partial charge in [-0.2, -0.15) is 0 Å². The van der Waals surface area contributed by atoms with Crippen molar-refractivity contribution < 1.29 is 9.53 Å². The molecule has 3 rings (SSSR count). The summed E-state index contributed by atoms with van der Waals surface area (Å²) in [6, 6.07) is 7.76. The van der Waals surface area contributed by atoms with Crippen molar-refractivity contribution in [3.05, 3.63) is 53.1 Å². The molecule has 1 aliphatic rings. The number of carbonyl (C=O) groups excluding carboxylic acids is 1. The van der Waals surface area contributed by atoms with Crippen LogP contribution in [0.5, 0.6) is 5.75 Å². The Labute approximate surface area is 133 Å². The molecule has 2 aromatic rings. The number of benzene rings is 1. The van der Waals surface area contributed by atoms with E-state index in [0.29, 0.717) is 6.54 Å². The van der Waals surface area contributed by atoms with Gasteiger partial charge in [0, 0.05) is 18.3 Å². The van der Waals surface area contributed by atoms with E-state index >= 15 is 0 Å². The molecule has 0 N–H and O–H groups in total. The third-order valence-electron chi connectivity index (χ3n) is 3.88. The summed E-state index contributed by atoms with van der Waals surface area (Å²) in [5.74, 6) is 0.627. The molecule has 5 nitrogen and oxygen atoms in total. The highest BCUT2D eigenvalue weighted by molar-refractivity contribution is 6.33. The lowest BCUT2D eigenvalue weighted by Crippen LogP contribution is -2.31. The van der Waals surface area contributed by atoms with Crippen LogP contribution in [0.3, 0.4) is 0 Å². The Kier molecular flexibility index (Phi) is 4.24. The van der Waals surface area contributed by atoms with Crippen molar-refractivity contribution in [3.8, 4) is 5.75 Å². The van der Waals surface area contributed by atoms with Gasteiger partial charge < -0.3 is 9.64 Å². The predicted molar refractivity (Wildman–Crippen MR) is 83.0 cm³/mol. The summed E-state index contributed by atoms with van der Waals surface area (Å²) in [6.45, 7) is 0.682. The van der Waals surface area contributed by atoms with Gasteiger partial charge in [0.2, 0.25) is 0 Å². The minimum atomic E-state index is -0.166. The Morgan fingerprint density at radius 1 is 1.41 bits per heavy atom. The van der Waals surface area contributed by atoms with Crippen molar-refractivity contribution in [3.63, 3.8) is 0 Å². The maximum atomic E-state index is 12.8. The van der Waals surface area contributed by atoms with Crippen LogP contribution in [0.2, 0.25) is 5.02 Å². The van der Waals surface area contributed by atoms with Gasteiger partial charge in [0.1, 0.15) is 17.8 Å². The van der Waals surface area contributed by atoms with Crippen LogP contribution in [0.15, 0.2) is 36.8 Å². The van der Waals surface area contributed by atoms with Crippen LogP contribution in [0.25, 0.3) is 0 Å². The summed E-state index contributed by atoms with van der Waals surface area (Å²) in [4.78, 5) is 22.4. The van der Waals surface area contributed by atoms with Gasteiger partial charge in [-0.1, -0.05) is 29.8 Å². The van der Waals surface area contributed by atoms with Crippen molar-refractivity contribution in [1.82, 2.24) is 14.9 Å². The Balaban J connectivity index is 1.94. The van der Waals surface area contributed by atoms with Gasteiger partial charge in [-0.15, -0.1) is 0 Å². The predicted octanol–water partition coefficient (Wildman–Crippen LogP) is 3.12. The minimum Gasteiger partial charge on any atom is -0.496 e. The average Bonchev–Trinajstić information content (AvgIpc) is 3.04. The second-order valence-corrected chi connectivity index (χ2v) is 5.53. The molecular weight excluding hydrogens is 302 g/mol. The molecule has 0 saturated carbocycles. The van der Waals surface area contributed by atoms with E-state index in [1.807, 2.05) is 29.2 Å². The fraction of sp³-hybridized carbons (Fsp3) is 0.312. The summed E-state index contributed by atoms with van der Waals surface area (Å²) in [5.41, 5.74) is 1.26. The van der Waals surface area contributed by atoms with Gasteiger partial charge in [-0.3, -0.25) is 4.79 Å².